The van der Waals surface area contributed by atoms with Crippen molar-refractivity contribution in [2.75, 3.05) is 5.32 Å². The number of rotatable bonds is 4. The summed E-state index contributed by atoms with van der Waals surface area (Å²) in [5.41, 5.74) is 1.93. The van der Waals surface area contributed by atoms with Crippen LogP contribution in [0.3, 0.4) is 0 Å². The summed E-state index contributed by atoms with van der Waals surface area (Å²) in [6.45, 7) is 0. The number of carbonyl (C=O) groups is 1. The first kappa shape index (κ1) is 14.1. The van der Waals surface area contributed by atoms with E-state index in [2.05, 4.69) is 10.4 Å². The third kappa shape index (κ3) is 2.91. The summed E-state index contributed by atoms with van der Waals surface area (Å²) in [6, 6.07) is 21.4. The van der Waals surface area contributed by atoms with Crippen molar-refractivity contribution in [1.82, 2.24) is 9.78 Å². The second-order valence-electron chi connectivity index (χ2n) is 5.08. The Hall–Kier alpha value is -2.88. The number of aromatic nitrogens is 2. The fourth-order valence-corrected chi connectivity index (χ4v) is 2.48. The van der Waals surface area contributed by atoms with E-state index in [1.807, 2.05) is 60.7 Å². The number of amides is 1. The molecule has 1 heterocycles. The highest BCUT2D eigenvalue weighted by Gasteiger charge is 2.23. The van der Waals surface area contributed by atoms with Crippen LogP contribution in [0.4, 0.5) is 5.82 Å². The Bertz CT molecular complexity index is 711. The van der Waals surface area contributed by atoms with Crippen LogP contribution in [0.5, 0.6) is 0 Å². The molecule has 0 fully saturated rings. The summed E-state index contributed by atoms with van der Waals surface area (Å²) in [4.78, 5) is 12.8. The fourth-order valence-electron chi connectivity index (χ4n) is 2.48. The fraction of sp³-hybridized carbons (Fsp3) is 0.111. The van der Waals surface area contributed by atoms with E-state index in [1.165, 1.54) is 0 Å². The number of carbonyl (C=O) groups excluding carboxylic acids is 1. The van der Waals surface area contributed by atoms with Crippen molar-refractivity contribution >= 4 is 11.7 Å². The molecule has 2 aromatic carbocycles. The Morgan fingerprint density at radius 1 is 0.955 bits per heavy atom. The Morgan fingerprint density at radius 3 is 1.95 bits per heavy atom. The van der Waals surface area contributed by atoms with E-state index in [9.17, 15) is 4.79 Å². The van der Waals surface area contributed by atoms with Crippen molar-refractivity contribution in [2.45, 2.75) is 5.92 Å². The van der Waals surface area contributed by atoms with Crippen LogP contribution in [0.1, 0.15) is 17.0 Å². The molecule has 0 spiro atoms. The zero-order valence-corrected chi connectivity index (χ0v) is 12.3. The molecule has 1 N–H and O–H groups in total. The molecule has 0 aliphatic carbocycles. The van der Waals surface area contributed by atoms with Crippen molar-refractivity contribution in [2.24, 2.45) is 7.05 Å². The van der Waals surface area contributed by atoms with Crippen molar-refractivity contribution < 1.29 is 4.79 Å². The van der Waals surface area contributed by atoms with Gasteiger partial charge in [-0.2, -0.15) is 5.10 Å². The predicted molar refractivity (Wildman–Crippen MR) is 86.6 cm³/mol. The Kier molecular flexibility index (Phi) is 4.01. The zero-order chi connectivity index (χ0) is 15.4. The van der Waals surface area contributed by atoms with Gasteiger partial charge in [0, 0.05) is 13.1 Å². The second kappa shape index (κ2) is 6.26. The van der Waals surface area contributed by atoms with Crippen molar-refractivity contribution in [3.05, 3.63) is 84.1 Å². The Balaban J connectivity index is 1.95. The van der Waals surface area contributed by atoms with Crippen molar-refractivity contribution in [3.63, 3.8) is 0 Å². The number of nitrogens with zero attached hydrogens (tertiary/aromatic N) is 2. The van der Waals surface area contributed by atoms with Gasteiger partial charge in [-0.25, -0.2) is 0 Å². The standard InChI is InChI=1S/C18H17N3O/c1-21-16(12-13-19-21)20-18(22)17(14-8-4-2-5-9-14)15-10-6-3-7-11-15/h2-13,17H,1H3,(H,20,22). The molecule has 110 valence electrons. The summed E-state index contributed by atoms with van der Waals surface area (Å²) in [5.74, 6) is 0.264. The van der Waals surface area contributed by atoms with Gasteiger partial charge >= 0.3 is 0 Å². The molecule has 0 atom stereocenters. The number of hydrogen-bond acceptors (Lipinski definition) is 2. The maximum atomic E-state index is 12.8. The van der Waals surface area contributed by atoms with Gasteiger partial charge in [0.1, 0.15) is 5.82 Å². The highest BCUT2D eigenvalue weighted by atomic mass is 16.2. The number of hydrogen-bond donors (Lipinski definition) is 1. The third-order valence-electron chi connectivity index (χ3n) is 3.60. The van der Waals surface area contributed by atoms with Gasteiger partial charge in [0.15, 0.2) is 0 Å². The second-order valence-corrected chi connectivity index (χ2v) is 5.08. The molecular formula is C18H17N3O. The van der Waals surface area contributed by atoms with E-state index in [-0.39, 0.29) is 11.8 Å². The van der Waals surface area contributed by atoms with Crippen molar-refractivity contribution in [1.29, 1.82) is 0 Å². The molecule has 1 amide bonds. The number of aryl methyl sites for hydroxylation is 1. The number of anilines is 1. The topological polar surface area (TPSA) is 46.9 Å². The van der Waals surface area contributed by atoms with Crippen LogP contribution in [-0.4, -0.2) is 15.7 Å². The summed E-state index contributed by atoms with van der Waals surface area (Å²) < 4.78 is 1.64. The van der Waals surface area contributed by atoms with E-state index < -0.39 is 0 Å². The molecule has 4 nitrogen and oxygen atoms in total. The Morgan fingerprint density at radius 2 is 1.50 bits per heavy atom. The Labute approximate surface area is 129 Å². The molecular weight excluding hydrogens is 274 g/mol. The zero-order valence-electron chi connectivity index (χ0n) is 12.3. The molecule has 3 rings (SSSR count). The van der Waals surface area contributed by atoms with Gasteiger partial charge in [-0.1, -0.05) is 60.7 Å². The lowest BCUT2D eigenvalue weighted by atomic mass is 9.90. The lowest BCUT2D eigenvalue weighted by Crippen LogP contribution is -2.23. The molecule has 0 aliphatic heterocycles. The van der Waals surface area contributed by atoms with Gasteiger partial charge in [0.2, 0.25) is 5.91 Å². The van der Waals surface area contributed by atoms with Crippen LogP contribution in [0, 0.1) is 0 Å². The highest BCUT2D eigenvalue weighted by molar-refractivity contribution is 5.97. The quantitative estimate of drug-likeness (QED) is 0.802. The predicted octanol–water partition coefficient (Wildman–Crippen LogP) is 3.19. The molecule has 0 saturated heterocycles. The van der Waals surface area contributed by atoms with E-state index in [0.29, 0.717) is 5.82 Å². The van der Waals surface area contributed by atoms with Gasteiger partial charge in [-0.05, 0) is 11.1 Å². The minimum absolute atomic E-state index is 0.0685. The smallest absolute Gasteiger partial charge is 0.237 e. The minimum Gasteiger partial charge on any atom is -0.310 e. The summed E-state index contributed by atoms with van der Waals surface area (Å²) >= 11 is 0. The van der Waals surface area contributed by atoms with Crippen LogP contribution >= 0.6 is 0 Å². The third-order valence-corrected chi connectivity index (χ3v) is 3.60. The summed E-state index contributed by atoms with van der Waals surface area (Å²) in [6.07, 6.45) is 1.66. The molecule has 0 bridgehead atoms. The lowest BCUT2D eigenvalue weighted by molar-refractivity contribution is -0.116. The van der Waals surface area contributed by atoms with E-state index in [4.69, 9.17) is 0 Å². The summed E-state index contributed by atoms with van der Waals surface area (Å²) in [7, 11) is 1.80. The summed E-state index contributed by atoms with van der Waals surface area (Å²) in [5, 5.41) is 7.03. The van der Waals surface area contributed by atoms with Crippen LogP contribution in [0.25, 0.3) is 0 Å². The lowest BCUT2D eigenvalue weighted by Gasteiger charge is -2.17. The van der Waals surface area contributed by atoms with Gasteiger partial charge in [-0.15, -0.1) is 0 Å². The SMILES string of the molecule is Cn1nccc1NC(=O)C(c1ccccc1)c1ccccc1. The van der Waals surface area contributed by atoms with Crippen LogP contribution in [0.2, 0.25) is 0 Å². The molecule has 0 unspecified atom stereocenters. The van der Waals surface area contributed by atoms with Gasteiger partial charge in [-0.3, -0.25) is 9.48 Å². The molecule has 22 heavy (non-hydrogen) atoms. The number of nitrogens with one attached hydrogen (secondary N) is 1. The van der Waals surface area contributed by atoms with E-state index in [1.54, 1.807) is 24.0 Å². The van der Waals surface area contributed by atoms with Crippen LogP contribution in [-0.2, 0) is 11.8 Å². The minimum atomic E-state index is -0.350. The monoisotopic (exact) mass is 291 g/mol. The first-order valence-electron chi connectivity index (χ1n) is 7.14. The van der Waals surface area contributed by atoms with Gasteiger partial charge in [0.25, 0.3) is 0 Å². The molecule has 1 aromatic heterocycles. The van der Waals surface area contributed by atoms with E-state index >= 15 is 0 Å². The van der Waals surface area contributed by atoms with Gasteiger partial charge in [0.05, 0.1) is 12.1 Å². The molecule has 0 saturated carbocycles. The average Bonchev–Trinajstić information content (AvgIpc) is 2.95. The van der Waals surface area contributed by atoms with Crippen molar-refractivity contribution in [3.8, 4) is 0 Å². The van der Waals surface area contributed by atoms with E-state index in [0.717, 1.165) is 11.1 Å². The first-order chi connectivity index (χ1) is 10.8. The molecule has 4 heteroatoms. The normalized spacial score (nSPS) is 10.6. The molecule has 0 aliphatic rings. The van der Waals surface area contributed by atoms with Crippen LogP contribution in [0.15, 0.2) is 72.9 Å². The first-order valence-corrected chi connectivity index (χ1v) is 7.14. The maximum Gasteiger partial charge on any atom is 0.237 e. The molecule has 3 aromatic rings. The van der Waals surface area contributed by atoms with Gasteiger partial charge < -0.3 is 5.32 Å². The highest BCUT2D eigenvalue weighted by Crippen LogP contribution is 2.26. The number of benzene rings is 2. The largest absolute Gasteiger partial charge is 0.310 e. The average molecular weight is 291 g/mol. The molecule has 0 radical (unpaired) electrons. The van der Waals surface area contributed by atoms with Crippen LogP contribution < -0.4 is 5.32 Å². The maximum absolute atomic E-state index is 12.8.